The van der Waals surface area contributed by atoms with Gasteiger partial charge in [0.25, 0.3) is 5.78 Å². The van der Waals surface area contributed by atoms with E-state index in [0.29, 0.717) is 18.9 Å². The Kier molecular flexibility index (Phi) is 6.13. The molecule has 0 aliphatic rings. The number of halogens is 3. The monoisotopic (exact) mass is 392 g/mol. The molecule has 150 valence electrons. The van der Waals surface area contributed by atoms with Crippen LogP contribution in [0.1, 0.15) is 25.1 Å². The van der Waals surface area contributed by atoms with E-state index in [1.54, 1.807) is 0 Å². The molecule has 0 radical (unpaired) electrons. The molecule has 0 aliphatic carbocycles. The summed E-state index contributed by atoms with van der Waals surface area (Å²) in [6, 6.07) is 10.7. The number of fused-ring (bicyclic) bond motifs is 1. The van der Waals surface area contributed by atoms with Gasteiger partial charge in [-0.15, -0.1) is 0 Å². The van der Waals surface area contributed by atoms with Crippen molar-refractivity contribution in [3.8, 4) is 0 Å². The first kappa shape index (κ1) is 20.1. The smallest absolute Gasteiger partial charge is 0.351 e. The molecule has 3 aromatic rings. The van der Waals surface area contributed by atoms with E-state index in [9.17, 15) is 13.2 Å². The zero-order valence-electron chi connectivity index (χ0n) is 15.9. The SMILES string of the molecule is CCN(CC)CCN(Cc1ccccc1)c1cc(C(F)(F)F)nc2ncnn12. The molecule has 0 amide bonds. The van der Waals surface area contributed by atoms with Crippen LogP contribution in [0.5, 0.6) is 0 Å². The van der Waals surface area contributed by atoms with E-state index in [2.05, 4.69) is 33.8 Å². The molecule has 0 unspecified atom stereocenters. The maximum Gasteiger partial charge on any atom is 0.433 e. The van der Waals surface area contributed by atoms with E-state index >= 15 is 0 Å². The number of hydrogen-bond acceptors (Lipinski definition) is 5. The molecule has 2 aromatic heterocycles. The van der Waals surface area contributed by atoms with Gasteiger partial charge in [0.15, 0.2) is 5.69 Å². The molecule has 0 bridgehead atoms. The van der Waals surface area contributed by atoms with Gasteiger partial charge < -0.3 is 9.80 Å². The molecule has 1 aromatic carbocycles. The lowest BCUT2D eigenvalue weighted by Crippen LogP contribution is -2.36. The fourth-order valence-electron chi connectivity index (χ4n) is 3.05. The Morgan fingerprint density at radius 2 is 1.75 bits per heavy atom. The van der Waals surface area contributed by atoms with Crippen molar-refractivity contribution in [2.75, 3.05) is 31.1 Å². The lowest BCUT2D eigenvalue weighted by atomic mass is 10.2. The Bertz CT molecular complexity index is 890. The van der Waals surface area contributed by atoms with Crippen molar-refractivity contribution in [3.63, 3.8) is 0 Å². The van der Waals surface area contributed by atoms with Crippen LogP contribution in [0.25, 0.3) is 5.78 Å². The van der Waals surface area contributed by atoms with E-state index in [-0.39, 0.29) is 5.78 Å². The van der Waals surface area contributed by atoms with Crippen molar-refractivity contribution in [1.82, 2.24) is 24.5 Å². The fraction of sp³-hybridized carbons (Fsp3) is 0.421. The molecular weight excluding hydrogens is 369 g/mol. The summed E-state index contributed by atoms with van der Waals surface area (Å²) in [6.07, 6.45) is -3.34. The first-order valence-corrected chi connectivity index (χ1v) is 9.21. The molecule has 28 heavy (non-hydrogen) atoms. The third-order valence-electron chi connectivity index (χ3n) is 4.64. The molecular formula is C19H23F3N6. The maximum atomic E-state index is 13.4. The number of benzene rings is 1. The van der Waals surface area contributed by atoms with Crippen LogP contribution in [0.15, 0.2) is 42.7 Å². The number of alkyl halides is 3. The van der Waals surface area contributed by atoms with Gasteiger partial charge in [0.2, 0.25) is 0 Å². The number of nitrogens with zero attached hydrogens (tertiary/aromatic N) is 6. The molecule has 0 saturated heterocycles. The summed E-state index contributed by atoms with van der Waals surface area (Å²) in [7, 11) is 0. The number of aromatic nitrogens is 4. The second kappa shape index (κ2) is 8.55. The number of rotatable bonds is 8. The molecule has 0 aliphatic heterocycles. The predicted octanol–water partition coefficient (Wildman–Crippen LogP) is 3.49. The van der Waals surface area contributed by atoms with Crippen LogP contribution in [-0.2, 0) is 12.7 Å². The average molecular weight is 392 g/mol. The fourth-order valence-corrected chi connectivity index (χ4v) is 3.05. The number of likely N-dealkylation sites (N-methyl/N-ethyl adjacent to an activating group) is 1. The molecule has 2 heterocycles. The summed E-state index contributed by atoms with van der Waals surface area (Å²) in [5.74, 6) is 0.261. The minimum absolute atomic E-state index is 0.0641. The van der Waals surface area contributed by atoms with Crippen LogP contribution >= 0.6 is 0 Å². The zero-order chi connectivity index (χ0) is 20.1. The molecule has 6 nitrogen and oxygen atoms in total. The van der Waals surface area contributed by atoms with E-state index in [0.717, 1.165) is 31.3 Å². The van der Waals surface area contributed by atoms with E-state index in [1.807, 2.05) is 35.2 Å². The van der Waals surface area contributed by atoms with Crippen LogP contribution in [0.3, 0.4) is 0 Å². The molecule has 0 atom stereocenters. The first-order valence-electron chi connectivity index (χ1n) is 9.21. The van der Waals surface area contributed by atoms with Gasteiger partial charge in [0.05, 0.1) is 0 Å². The Balaban J connectivity index is 2.01. The van der Waals surface area contributed by atoms with Gasteiger partial charge >= 0.3 is 6.18 Å². The highest BCUT2D eigenvalue weighted by molar-refractivity contribution is 5.48. The van der Waals surface area contributed by atoms with Crippen molar-refractivity contribution >= 4 is 11.6 Å². The summed E-state index contributed by atoms with van der Waals surface area (Å²) in [6.45, 7) is 7.60. The topological polar surface area (TPSA) is 49.6 Å². The molecule has 0 saturated carbocycles. The van der Waals surface area contributed by atoms with Crippen molar-refractivity contribution < 1.29 is 13.2 Å². The Morgan fingerprint density at radius 3 is 2.39 bits per heavy atom. The number of hydrogen-bond donors (Lipinski definition) is 0. The summed E-state index contributed by atoms with van der Waals surface area (Å²) < 4.78 is 41.5. The van der Waals surface area contributed by atoms with Crippen LogP contribution in [-0.4, -0.2) is 50.7 Å². The second-order valence-corrected chi connectivity index (χ2v) is 6.40. The third kappa shape index (κ3) is 4.59. The van der Waals surface area contributed by atoms with Gasteiger partial charge in [0, 0.05) is 25.7 Å². The predicted molar refractivity (Wildman–Crippen MR) is 101 cm³/mol. The van der Waals surface area contributed by atoms with Crippen LogP contribution in [0.2, 0.25) is 0 Å². The molecule has 0 fully saturated rings. The second-order valence-electron chi connectivity index (χ2n) is 6.40. The maximum absolute atomic E-state index is 13.4. The Labute approximate surface area is 161 Å². The number of anilines is 1. The average Bonchev–Trinajstić information content (AvgIpc) is 3.16. The molecule has 0 spiro atoms. The van der Waals surface area contributed by atoms with Gasteiger partial charge in [-0.3, -0.25) is 0 Å². The van der Waals surface area contributed by atoms with Gasteiger partial charge in [-0.1, -0.05) is 44.2 Å². The first-order chi connectivity index (χ1) is 13.4. The summed E-state index contributed by atoms with van der Waals surface area (Å²) in [5.41, 5.74) is 0.0320. The van der Waals surface area contributed by atoms with E-state index in [4.69, 9.17) is 0 Å². The minimum atomic E-state index is -4.56. The van der Waals surface area contributed by atoms with Crippen molar-refractivity contribution in [1.29, 1.82) is 0 Å². The lowest BCUT2D eigenvalue weighted by Gasteiger charge is -2.28. The van der Waals surface area contributed by atoms with Gasteiger partial charge in [0.1, 0.15) is 12.1 Å². The zero-order valence-corrected chi connectivity index (χ0v) is 15.9. The Morgan fingerprint density at radius 1 is 1.04 bits per heavy atom. The highest BCUT2D eigenvalue weighted by Gasteiger charge is 2.34. The normalized spacial score (nSPS) is 12.1. The van der Waals surface area contributed by atoms with Gasteiger partial charge in [-0.05, 0) is 18.7 Å². The van der Waals surface area contributed by atoms with Crippen LogP contribution < -0.4 is 4.90 Å². The minimum Gasteiger partial charge on any atom is -0.351 e. The van der Waals surface area contributed by atoms with Gasteiger partial charge in [-0.25, -0.2) is 4.98 Å². The van der Waals surface area contributed by atoms with Gasteiger partial charge in [-0.2, -0.15) is 27.8 Å². The van der Waals surface area contributed by atoms with Crippen LogP contribution in [0, 0.1) is 0 Å². The summed E-state index contributed by atoms with van der Waals surface area (Å²) in [4.78, 5) is 11.6. The molecule has 3 rings (SSSR count). The van der Waals surface area contributed by atoms with Crippen molar-refractivity contribution in [2.24, 2.45) is 0 Å². The third-order valence-corrected chi connectivity index (χ3v) is 4.64. The Hall–Kier alpha value is -2.68. The molecule has 9 heteroatoms. The highest BCUT2D eigenvalue weighted by atomic mass is 19.4. The quantitative estimate of drug-likeness (QED) is 0.587. The largest absolute Gasteiger partial charge is 0.433 e. The van der Waals surface area contributed by atoms with E-state index < -0.39 is 11.9 Å². The highest BCUT2D eigenvalue weighted by Crippen LogP contribution is 2.31. The standard InChI is InChI=1S/C19H23F3N6/c1-3-26(4-2)10-11-27(13-15-8-6-5-7-9-15)17-12-16(19(20,21)22)25-18-23-14-24-28(17)18/h5-9,12,14H,3-4,10-11,13H2,1-2H3. The van der Waals surface area contributed by atoms with Crippen molar-refractivity contribution in [3.05, 3.63) is 54.0 Å². The molecule has 0 N–H and O–H groups in total. The van der Waals surface area contributed by atoms with Crippen molar-refractivity contribution in [2.45, 2.75) is 26.6 Å². The van der Waals surface area contributed by atoms with E-state index in [1.165, 1.54) is 10.8 Å². The lowest BCUT2D eigenvalue weighted by molar-refractivity contribution is -0.141. The summed E-state index contributed by atoms with van der Waals surface area (Å²) in [5, 5.41) is 4.09. The van der Waals surface area contributed by atoms with Crippen LogP contribution in [0.4, 0.5) is 19.0 Å². The summed E-state index contributed by atoms with van der Waals surface area (Å²) >= 11 is 0.